The van der Waals surface area contributed by atoms with E-state index < -0.39 is 0 Å². The number of rotatable bonds is 8. The Kier molecular flexibility index (Phi) is 5.77. The molecule has 3 rings (SSSR count). The first-order valence-corrected chi connectivity index (χ1v) is 10.4. The first-order chi connectivity index (χ1) is 13.4. The molecule has 0 bridgehead atoms. The second-order valence-electron chi connectivity index (χ2n) is 8.34. The normalized spacial score (nSPS) is 25.8. The maximum absolute atomic E-state index is 7.05. The summed E-state index contributed by atoms with van der Waals surface area (Å²) in [4.78, 5) is 0. The predicted molar refractivity (Wildman–Crippen MR) is 114 cm³/mol. The lowest BCUT2D eigenvalue weighted by Crippen LogP contribution is -2.70. The highest BCUT2D eigenvalue weighted by atomic mass is 16.6. The van der Waals surface area contributed by atoms with Crippen molar-refractivity contribution >= 4 is 0 Å². The van der Waals surface area contributed by atoms with Crippen molar-refractivity contribution in [1.29, 1.82) is 0 Å². The fourth-order valence-corrected chi connectivity index (χ4v) is 5.11. The van der Waals surface area contributed by atoms with Gasteiger partial charge in [-0.05, 0) is 48.2 Å². The van der Waals surface area contributed by atoms with E-state index in [1.54, 1.807) is 14.2 Å². The minimum atomic E-state index is -0.302. The zero-order valence-corrected chi connectivity index (χ0v) is 18.2. The molecule has 2 unspecified atom stereocenters. The lowest BCUT2D eigenvalue weighted by Gasteiger charge is -2.69. The molecule has 1 saturated heterocycles. The molecule has 0 spiro atoms. The van der Waals surface area contributed by atoms with Crippen LogP contribution in [0, 0.1) is 5.41 Å². The summed E-state index contributed by atoms with van der Waals surface area (Å²) >= 11 is 0. The monoisotopic (exact) mass is 382 g/mol. The summed E-state index contributed by atoms with van der Waals surface area (Å²) in [5, 5.41) is 0. The Morgan fingerprint density at radius 2 is 1.04 bits per heavy atom. The van der Waals surface area contributed by atoms with Crippen molar-refractivity contribution in [3.05, 3.63) is 59.7 Å². The van der Waals surface area contributed by atoms with Crippen molar-refractivity contribution in [2.75, 3.05) is 14.2 Å². The summed E-state index contributed by atoms with van der Waals surface area (Å²) in [6, 6.07) is 16.8. The van der Waals surface area contributed by atoms with Crippen LogP contribution >= 0.6 is 0 Å². The Bertz CT molecular complexity index is 713. The van der Waals surface area contributed by atoms with Gasteiger partial charge in [0, 0.05) is 5.41 Å². The summed E-state index contributed by atoms with van der Waals surface area (Å²) in [7, 11) is 3.41. The van der Waals surface area contributed by atoms with Gasteiger partial charge in [0.05, 0.1) is 14.2 Å². The molecule has 0 saturated carbocycles. The van der Waals surface area contributed by atoms with E-state index in [2.05, 4.69) is 52.0 Å². The smallest absolute Gasteiger partial charge is 0.118 e. The van der Waals surface area contributed by atoms with Gasteiger partial charge in [0.1, 0.15) is 22.7 Å². The molecule has 1 fully saturated rings. The predicted octanol–water partition coefficient (Wildman–Crippen LogP) is 6.45. The van der Waals surface area contributed by atoms with Crippen molar-refractivity contribution in [2.24, 2.45) is 5.41 Å². The first kappa shape index (κ1) is 20.7. The summed E-state index contributed by atoms with van der Waals surface area (Å²) in [6.45, 7) is 9.21. The van der Waals surface area contributed by atoms with Crippen LogP contribution in [0.4, 0.5) is 0 Å². The van der Waals surface area contributed by atoms with E-state index in [1.807, 2.05) is 24.3 Å². The number of hydrogen-bond acceptors (Lipinski definition) is 3. The van der Waals surface area contributed by atoms with Crippen molar-refractivity contribution in [2.45, 2.75) is 64.6 Å². The molecular weight excluding hydrogens is 348 g/mol. The van der Waals surface area contributed by atoms with Crippen molar-refractivity contribution in [3.8, 4) is 11.5 Å². The molecule has 0 radical (unpaired) electrons. The fourth-order valence-electron chi connectivity index (χ4n) is 5.11. The first-order valence-electron chi connectivity index (χ1n) is 10.4. The molecule has 28 heavy (non-hydrogen) atoms. The zero-order chi connectivity index (χ0) is 20.4. The van der Waals surface area contributed by atoms with Gasteiger partial charge in [-0.1, -0.05) is 64.8 Å². The SMILES string of the molecule is CCCC1(c2ccc(OC)cc2)OC(CCC)(c2ccc(OC)cc2)C1(C)C. The largest absolute Gasteiger partial charge is 0.497 e. The molecule has 0 aromatic heterocycles. The van der Waals surface area contributed by atoms with E-state index >= 15 is 0 Å². The lowest BCUT2D eigenvalue weighted by atomic mass is 9.51. The highest BCUT2D eigenvalue weighted by Gasteiger charge is 2.70. The molecule has 2 aromatic rings. The van der Waals surface area contributed by atoms with Gasteiger partial charge in [0.15, 0.2) is 0 Å². The van der Waals surface area contributed by atoms with Crippen molar-refractivity contribution in [3.63, 3.8) is 0 Å². The Morgan fingerprint density at radius 1 is 0.679 bits per heavy atom. The third-order valence-corrected chi connectivity index (χ3v) is 6.68. The fraction of sp³-hybridized carbons (Fsp3) is 0.520. The van der Waals surface area contributed by atoms with Gasteiger partial charge in [-0.2, -0.15) is 0 Å². The molecule has 3 nitrogen and oxygen atoms in total. The van der Waals surface area contributed by atoms with Crippen molar-refractivity contribution in [1.82, 2.24) is 0 Å². The number of methoxy groups -OCH3 is 2. The number of ether oxygens (including phenoxy) is 3. The molecular formula is C25H34O3. The summed E-state index contributed by atoms with van der Waals surface area (Å²) < 4.78 is 17.8. The van der Waals surface area contributed by atoms with E-state index in [4.69, 9.17) is 14.2 Å². The molecule has 0 aliphatic carbocycles. The Morgan fingerprint density at radius 3 is 1.29 bits per heavy atom. The van der Waals surface area contributed by atoms with Gasteiger partial charge in [0.2, 0.25) is 0 Å². The molecule has 0 amide bonds. The van der Waals surface area contributed by atoms with E-state index in [0.29, 0.717) is 0 Å². The van der Waals surface area contributed by atoms with Crippen LogP contribution in [0.1, 0.15) is 64.5 Å². The molecule has 2 aromatic carbocycles. The van der Waals surface area contributed by atoms with Crippen LogP contribution in [0.15, 0.2) is 48.5 Å². The van der Waals surface area contributed by atoms with Gasteiger partial charge in [-0.25, -0.2) is 0 Å². The summed E-state index contributed by atoms with van der Waals surface area (Å²) in [5.74, 6) is 1.75. The summed E-state index contributed by atoms with van der Waals surface area (Å²) in [6.07, 6.45) is 4.13. The van der Waals surface area contributed by atoms with Crippen LogP contribution in [0.2, 0.25) is 0 Å². The van der Waals surface area contributed by atoms with Gasteiger partial charge >= 0.3 is 0 Å². The van der Waals surface area contributed by atoms with E-state index in [9.17, 15) is 0 Å². The minimum Gasteiger partial charge on any atom is -0.497 e. The van der Waals surface area contributed by atoms with Crippen LogP contribution in [-0.4, -0.2) is 14.2 Å². The van der Waals surface area contributed by atoms with Crippen LogP contribution in [0.3, 0.4) is 0 Å². The van der Waals surface area contributed by atoms with Crippen LogP contribution in [-0.2, 0) is 15.9 Å². The zero-order valence-electron chi connectivity index (χ0n) is 18.2. The van der Waals surface area contributed by atoms with E-state index in [-0.39, 0.29) is 16.6 Å². The second kappa shape index (κ2) is 7.79. The van der Waals surface area contributed by atoms with Crippen molar-refractivity contribution < 1.29 is 14.2 Å². The maximum Gasteiger partial charge on any atom is 0.118 e. The second-order valence-corrected chi connectivity index (χ2v) is 8.34. The highest BCUT2D eigenvalue weighted by Crippen LogP contribution is 2.70. The maximum atomic E-state index is 7.05. The Balaban J connectivity index is 2.07. The molecule has 1 heterocycles. The topological polar surface area (TPSA) is 27.7 Å². The molecule has 0 N–H and O–H groups in total. The van der Waals surface area contributed by atoms with E-state index in [1.165, 1.54) is 11.1 Å². The minimum absolute atomic E-state index is 0.0603. The Labute approximate surface area is 170 Å². The molecule has 1 aliphatic rings. The Hall–Kier alpha value is -2.00. The van der Waals surface area contributed by atoms with Gasteiger partial charge in [0.25, 0.3) is 0 Å². The van der Waals surface area contributed by atoms with Gasteiger partial charge in [-0.15, -0.1) is 0 Å². The van der Waals surface area contributed by atoms with E-state index in [0.717, 1.165) is 37.2 Å². The molecule has 1 aliphatic heterocycles. The summed E-state index contributed by atoms with van der Waals surface area (Å²) in [5.41, 5.74) is 1.81. The molecule has 152 valence electrons. The third-order valence-electron chi connectivity index (χ3n) is 6.68. The highest BCUT2D eigenvalue weighted by molar-refractivity contribution is 5.41. The van der Waals surface area contributed by atoms with Crippen LogP contribution in [0.5, 0.6) is 11.5 Å². The third kappa shape index (κ3) is 2.91. The average molecular weight is 383 g/mol. The lowest BCUT2D eigenvalue weighted by molar-refractivity contribution is -0.393. The van der Waals surface area contributed by atoms with Gasteiger partial charge < -0.3 is 14.2 Å². The van der Waals surface area contributed by atoms with Crippen LogP contribution < -0.4 is 9.47 Å². The number of benzene rings is 2. The van der Waals surface area contributed by atoms with Crippen LogP contribution in [0.25, 0.3) is 0 Å². The molecule has 2 atom stereocenters. The quantitative estimate of drug-likeness (QED) is 0.525. The standard InChI is InChI=1S/C25H34O3/c1-7-17-24(19-9-13-21(26-5)14-10-19)23(3,4)25(28-24,18-8-2)20-11-15-22(27-6)16-12-20/h9-16H,7-8,17-18H2,1-6H3. The molecule has 3 heteroatoms. The average Bonchev–Trinajstić information content (AvgIpc) is 2.72. The number of hydrogen-bond donors (Lipinski definition) is 0. The van der Waals surface area contributed by atoms with Gasteiger partial charge in [-0.3, -0.25) is 0 Å².